The van der Waals surface area contributed by atoms with Gasteiger partial charge in [-0.2, -0.15) is 0 Å². The molecule has 0 bridgehead atoms. The van der Waals surface area contributed by atoms with E-state index in [0.717, 1.165) is 0 Å². The largest absolute Gasteiger partial charge is 0.450 e. The molecule has 0 unspecified atom stereocenters. The predicted octanol–water partition coefficient (Wildman–Crippen LogP) is 3.19. The SMILES string of the molecule is C=C[Si](C)(C=C)O[Si](C)(C)C.[CH2].[Pt]. The number of hydrogen-bond acceptors (Lipinski definition) is 1. The fraction of sp³-hybridized carbons (Fsp3) is 0.444. The van der Waals surface area contributed by atoms with Crippen molar-refractivity contribution in [3.05, 3.63) is 32.0 Å². The Hall–Kier alpha value is 0.562. The van der Waals surface area contributed by atoms with E-state index < -0.39 is 16.6 Å². The van der Waals surface area contributed by atoms with Crippen molar-refractivity contribution in [3.63, 3.8) is 0 Å². The van der Waals surface area contributed by atoms with Crippen LogP contribution in [0.25, 0.3) is 0 Å². The molecule has 0 amide bonds. The van der Waals surface area contributed by atoms with Crippen LogP contribution in [0.2, 0.25) is 26.2 Å². The zero-order valence-electron chi connectivity index (χ0n) is 9.00. The molecule has 1 nitrogen and oxygen atoms in total. The first-order valence-corrected chi connectivity index (χ1v) is 9.77. The Morgan fingerprint density at radius 2 is 1.31 bits per heavy atom. The molecule has 4 heteroatoms. The maximum absolute atomic E-state index is 5.97. The summed E-state index contributed by atoms with van der Waals surface area (Å²) in [5.74, 6) is 0. The Kier molecular flexibility index (Phi) is 10.2. The van der Waals surface area contributed by atoms with E-state index in [2.05, 4.69) is 39.3 Å². The Morgan fingerprint density at radius 3 is 1.38 bits per heavy atom. The Balaban J connectivity index is -0.000000500. The maximum Gasteiger partial charge on any atom is 0.226 e. The minimum Gasteiger partial charge on any atom is -0.450 e. The van der Waals surface area contributed by atoms with Gasteiger partial charge in [0.1, 0.15) is 0 Å². The first-order valence-electron chi connectivity index (χ1n) is 3.80. The van der Waals surface area contributed by atoms with Crippen molar-refractivity contribution in [1.82, 2.24) is 0 Å². The Bertz CT molecular complexity index is 155. The summed E-state index contributed by atoms with van der Waals surface area (Å²) in [6.07, 6.45) is 0. The van der Waals surface area contributed by atoms with Gasteiger partial charge in [-0.05, 0) is 26.2 Å². The van der Waals surface area contributed by atoms with Gasteiger partial charge in [-0.25, -0.2) is 0 Å². The van der Waals surface area contributed by atoms with Crippen LogP contribution in [-0.2, 0) is 25.2 Å². The zero-order chi connectivity index (χ0) is 9.12. The van der Waals surface area contributed by atoms with Gasteiger partial charge in [0.15, 0.2) is 8.32 Å². The molecule has 0 heterocycles. The van der Waals surface area contributed by atoms with E-state index in [1.165, 1.54) is 0 Å². The second-order valence-corrected chi connectivity index (χ2v) is 12.0. The van der Waals surface area contributed by atoms with Crippen LogP contribution in [-0.4, -0.2) is 16.6 Å². The molecule has 0 rings (SSSR count). The molecule has 13 heavy (non-hydrogen) atoms. The average molecular weight is 396 g/mol. The Labute approximate surface area is 99.8 Å². The van der Waals surface area contributed by atoms with Gasteiger partial charge in [-0.1, -0.05) is 18.8 Å². The summed E-state index contributed by atoms with van der Waals surface area (Å²) in [5.41, 5.74) is 3.86. The summed E-state index contributed by atoms with van der Waals surface area (Å²) in [7, 11) is -3.16. The molecule has 0 fully saturated rings. The maximum atomic E-state index is 5.97. The number of rotatable bonds is 4. The van der Waals surface area contributed by atoms with Crippen LogP contribution in [0.4, 0.5) is 0 Å². The second kappa shape index (κ2) is 6.93. The van der Waals surface area contributed by atoms with Crippen molar-refractivity contribution in [3.8, 4) is 0 Å². The summed E-state index contributed by atoms with van der Waals surface area (Å²) in [5, 5.41) is 0. The van der Waals surface area contributed by atoms with E-state index in [0.29, 0.717) is 0 Å². The van der Waals surface area contributed by atoms with Crippen molar-refractivity contribution in [2.24, 2.45) is 0 Å². The molecule has 0 aliphatic carbocycles. The third-order valence-corrected chi connectivity index (χ3v) is 7.17. The van der Waals surface area contributed by atoms with Crippen LogP contribution in [0.5, 0.6) is 0 Å². The van der Waals surface area contributed by atoms with Crippen LogP contribution < -0.4 is 0 Å². The summed E-state index contributed by atoms with van der Waals surface area (Å²) in [6.45, 7) is 16.2. The van der Waals surface area contributed by atoms with Crippen LogP contribution in [0.1, 0.15) is 0 Å². The Morgan fingerprint density at radius 1 is 1.00 bits per heavy atom. The number of hydrogen-bond donors (Lipinski definition) is 0. The van der Waals surface area contributed by atoms with Crippen molar-refractivity contribution < 1.29 is 25.2 Å². The fourth-order valence-electron chi connectivity index (χ4n) is 0.826. The summed E-state index contributed by atoms with van der Waals surface area (Å²) < 4.78 is 5.97. The summed E-state index contributed by atoms with van der Waals surface area (Å²) in [4.78, 5) is 0. The van der Waals surface area contributed by atoms with Crippen LogP contribution in [0, 0.1) is 7.43 Å². The molecule has 0 aromatic carbocycles. The molecule has 0 N–H and O–H groups in total. The fourth-order valence-corrected chi connectivity index (χ4v) is 6.94. The van der Waals surface area contributed by atoms with Gasteiger partial charge in [0.25, 0.3) is 0 Å². The van der Waals surface area contributed by atoms with E-state index >= 15 is 0 Å². The van der Waals surface area contributed by atoms with E-state index in [1.807, 2.05) is 11.4 Å². The van der Waals surface area contributed by atoms with Crippen molar-refractivity contribution in [2.45, 2.75) is 26.2 Å². The van der Waals surface area contributed by atoms with Crippen molar-refractivity contribution >= 4 is 16.6 Å². The minimum atomic E-state index is -1.74. The third-order valence-electron chi connectivity index (χ3n) is 1.34. The molecule has 0 saturated heterocycles. The van der Waals surface area contributed by atoms with E-state index in [9.17, 15) is 0 Å². The standard InChI is InChI=1S/C8H18OSi2.CH2.Pt/c1-7-11(6,8-2)9-10(3,4)5;;/h7-8H,1-2H2,3-6H3;1H2;. The van der Waals surface area contributed by atoms with E-state index in [1.54, 1.807) is 0 Å². The summed E-state index contributed by atoms with van der Waals surface area (Å²) >= 11 is 0. The van der Waals surface area contributed by atoms with Gasteiger partial charge in [-0.3, -0.25) is 0 Å². The molecule has 0 aliphatic heterocycles. The normalized spacial score (nSPS) is 10.8. The molecule has 0 aromatic rings. The zero-order valence-corrected chi connectivity index (χ0v) is 13.3. The van der Waals surface area contributed by atoms with Crippen LogP contribution >= 0.6 is 0 Å². The van der Waals surface area contributed by atoms with Gasteiger partial charge in [0, 0.05) is 21.1 Å². The van der Waals surface area contributed by atoms with Crippen molar-refractivity contribution in [2.75, 3.05) is 0 Å². The van der Waals surface area contributed by atoms with Crippen molar-refractivity contribution in [1.29, 1.82) is 0 Å². The topological polar surface area (TPSA) is 9.23 Å². The molecule has 0 aromatic heterocycles. The molecule has 0 spiro atoms. The van der Waals surface area contributed by atoms with Gasteiger partial charge in [-0.15, -0.1) is 13.2 Å². The first-order chi connectivity index (χ1) is 4.83. The molecule has 0 saturated carbocycles. The first kappa shape index (κ1) is 19.2. The smallest absolute Gasteiger partial charge is 0.226 e. The second-order valence-electron chi connectivity index (χ2n) is 3.81. The van der Waals surface area contributed by atoms with E-state index in [-0.39, 0.29) is 28.5 Å². The predicted molar refractivity (Wildman–Crippen MR) is 61.8 cm³/mol. The van der Waals surface area contributed by atoms with E-state index in [4.69, 9.17) is 4.12 Å². The third kappa shape index (κ3) is 8.88. The molecule has 2 radical (unpaired) electrons. The molecule has 0 atom stereocenters. The molecular formula is C9H20OPtSi2. The van der Waals surface area contributed by atoms with Gasteiger partial charge < -0.3 is 4.12 Å². The molecule has 80 valence electrons. The monoisotopic (exact) mass is 395 g/mol. The molecular weight excluding hydrogens is 375 g/mol. The van der Waals surface area contributed by atoms with Gasteiger partial charge >= 0.3 is 0 Å². The van der Waals surface area contributed by atoms with Gasteiger partial charge in [0.05, 0.1) is 0 Å². The van der Waals surface area contributed by atoms with Gasteiger partial charge in [0.2, 0.25) is 8.32 Å². The summed E-state index contributed by atoms with van der Waals surface area (Å²) in [6, 6.07) is 0. The van der Waals surface area contributed by atoms with Crippen LogP contribution in [0.15, 0.2) is 24.6 Å². The molecule has 0 aliphatic rings. The average Bonchev–Trinajstić information content (AvgIpc) is 1.84. The quantitative estimate of drug-likeness (QED) is 0.665. The minimum absolute atomic E-state index is 0. The van der Waals surface area contributed by atoms with Crippen LogP contribution in [0.3, 0.4) is 0 Å².